The first-order chi connectivity index (χ1) is 13.5. The van der Waals surface area contributed by atoms with Gasteiger partial charge in [0.05, 0.1) is 17.3 Å². The van der Waals surface area contributed by atoms with Gasteiger partial charge in [-0.2, -0.15) is 0 Å². The highest BCUT2D eigenvalue weighted by Gasteiger charge is 2.22. The molecule has 146 valence electrons. The average molecular weight is 398 g/mol. The fraction of sp³-hybridized carbons (Fsp3) is 0.286. The van der Waals surface area contributed by atoms with Crippen molar-refractivity contribution in [1.82, 2.24) is 10.2 Å². The first-order valence-electron chi connectivity index (χ1n) is 9.21. The van der Waals surface area contributed by atoms with Crippen LogP contribution >= 0.6 is 11.8 Å². The molecule has 1 aliphatic rings. The molecule has 28 heavy (non-hydrogen) atoms. The number of hydrogen-bond acceptors (Lipinski definition) is 4. The zero-order valence-electron chi connectivity index (χ0n) is 15.7. The Morgan fingerprint density at radius 3 is 2.54 bits per heavy atom. The lowest BCUT2D eigenvalue weighted by molar-refractivity contribution is -0.116. The highest BCUT2D eigenvalue weighted by molar-refractivity contribution is 8.13. The average Bonchev–Trinajstić information content (AvgIpc) is 3.12. The molecular formula is C21H23N3O3S. The Labute approximate surface area is 168 Å². The Bertz CT molecular complexity index is 857. The van der Waals surface area contributed by atoms with Gasteiger partial charge in [-0.15, -0.1) is 0 Å². The van der Waals surface area contributed by atoms with Gasteiger partial charge in [-0.1, -0.05) is 54.2 Å². The van der Waals surface area contributed by atoms with Crippen molar-refractivity contribution in [3.05, 3.63) is 65.7 Å². The smallest absolute Gasteiger partial charge is 0.281 e. The van der Waals surface area contributed by atoms with Crippen molar-refractivity contribution in [2.75, 3.05) is 24.2 Å². The number of benzene rings is 2. The number of rotatable bonds is 7. The molecule has 2 aromatic rings. The van der Waals surface area contributed by atoms with E-state index in [9.17, 15) is 14.4 Å². The second-order valence-electron chi connectivity index (χ2n) is 6.55. The summed E-state index contributed by atoms with van der Waals surface area (Å²) in [5.41, 5.74) is 1.88. The van der Waals surface area contributed by atoms with E-state index in [1.54, 1.807) is 29.2 Å². The van der Waals surface area contributed by atoms with Crippen molar-refractivity contribution in [3.8, 4) is 0 Å². The summed E-state index contributed by atoms with van der Waals surface area (Å²) in [4.78, 5) is 38.3. The van der Waals surface area contributed by atoms with Gasteiger partial charge in [0, 0.05) is 25.3 Å². The molecule has 0 aromatic heterocycles. The van der Waals surface area contributed by atoms with Gasteiger partial charge >= 0.3 is 0 Å². The number of hydrogen-bond donors (Lipinski definition) is 2. The molecule has 1 fully saturated rings. The number of carbonyl (C=O) groups is 3. The monoisotopic (exact) mass is 397 g/mol. The Balaban J connectivity index is 1.61. The van der Waals surface area contributed by atoms with E-state index >= 15 is 0 Å². The summed E-state index contributed by atoms with van der Waals surface area (Å²) >= 11 is 1.27. The molecule has 1 heterocycles. The van der Waals surface area contributed by atoms with Crippen LogP contribution in [-0.2, 0) is 4.79 Å². The molecule has 2 aromatic carbocycles. The first-order valence-corrected chi connectivity index (χ1v) is 10.2. The highest BCUT2D eigenvalue weighted by atomic mass is 32.2. The molecule has 1 aliphatic heterocycles. The summed E-state index contributed by atoms with van der Waals surface area (Å²) < 4.78 is 0. The van der Waals surface area contributed by atoms with Crippen LogP contribution in [0.2, 0.25) is 0 Å². The highest BCUT2D eigenvalue weighted by Crippen LogP contribution is 2.19. The van der Waals surface area contributed by atoms with Gasteiger partial charge in [0.1, 0.15) is 0 Å². The molecule has 1 atom stereocenters. The molecule has 0 saturated carbocycles. The maximum Gasteiger partial charge on any atom is 0.281 e. The van der Waals surface area contributed by atoms with E-state index in [0.717, 1.165) is 11.3 Å². The van der Waals surface area contributed by atoms with Gasteiger partial charge in [-0.3, -0.25) is 14.4 Å². The van der Waals surface area contributed by atoms with Crippen LogP contribution in [0.4, 0.5) is 10.5 Å². The number of carbonyl (C=O) groups excluding carboxylic acids is 3. The van der Waals surface area contributed by atoms with E-state index in [-0.39, 0.29) is 29.5 Å². The Hall–Kier alpha value is -2.80. The second-order valence-corrected chi connectivity index (χ2v) is 7.60. The lowest BCUT2D eigenvalue weighted by Gasteiger charge is -2.17. The Morgan fingerprint density at radius 1 is 1.11 bits per heavy atom. The normalized spacial score (nSPS) is 14.6. The molecule has 0 spiro atoms. The quantitative estimate of drug-likeness (QED) is 0.747. The molecule has 0 bridgehead atoms. The molecule has 2 N–H and O–H groups in total. The topological polar surface area (TPSA) is 78.5 Å². The Morgan fingerprint density at radius 2 is 1.82 bits per heavy atom. The molecule has 1 saturated heterocycles. The number of anilines is 1. The van der Waals surface area contributed by atoms with Gasteiger partial charge < -0.3 is 15.5 Å². The van der Waals surface area contributed by atoms with Crippen molar-refractivity contribution in [1.29, 1.82) is 0 Å². The maximum absolute atomic E-state index is 12.7. The summed E-state index contributed by atoms with van der Waals surface area (Å²) in [6, 6.07) is 16.5. The predicted molar refractivity (Wildman–Crippen MR) is 111 cm³/mol. The van der Waals surface area contributed by atoms with Crippen molar-refractivity contribution < 1.29 is 14.4 Å². The van der Waals surface area contributed by atoms with Crippen molar-refractivity contribution in [2.45, 2.75) is 19.4 Å². The zero-order valence-corrected chi connectivity index (χ0v) is 16.5. The molecule has 7 heteroatoms. The summed E-state index contributed by atoms with van der Waals surface area (Å²) in [5, 5.41) is 5.78. The van der Waals surface area contributed by atoms with Crippen molar-refractivity contribution in [3.63, 3.8) is 0 Å². The number of nitrogens with one attached hydrogen (secondary N) is 2. The van der Waals surface area contributed by atoms with Crippen LogP contribution < -0.4 is 10.6 Å². The molecule has 0 unspecified atom stereocenters. The summed E-state index contributed by atoms with van der Waals surface area (Å²) in [6.07, 6.45) is 0.197. The molecule has 3 amide bonds. The van der Waals surface area contributed by atoms with Crippen LogP contribution in [0.25, 0.3) is 0 Å². The summed E-state index contributed by atoms with van der Waals surface area (Å²) in [6.45, 7) is 2.98. The van der Waals surface area contributed by atoms with Crippen LogP contribution in [-0.4, -0.2) is 40.8 Å². The molecule has 3 rings (SSSR count). The minimum Gasteiger partial charge on any atom is -0.345 e. The number of amides is 3. The van der Waals surface area contributed by atoms with E-state index in [0.29, 0.717) is 24.3 Å². The van der Waals surface area contributed by atoms with Crippen molar-refractivity contribution in [2.24, 2.45) is 0 Å². The van der Waals surface area contributed by atoms with Gasteiger partial charge in [0.2, 0.25) is 5.91 Å². The molecule has 6 nitrogen and oxygen atoms in total. The molecule has 0 radical (unpaired) electrons. The molecule has 0 aliphatic carbocycles. The third kappa shape index (κ3) is 5.13. The first kappa shape index (κ1) is 19.9. The lowest BCUT2D eigenvalue weighted by Crippen LogP contribution is -2.29. The standard InChI is InChI=1S/C21H23N3O3S/c1-15(16-7-3-2-4-8-16)22-20(26)17-9-5-6-10-18(17)23-19(25)11-12-24-13-14-28-21(24)27/h2-10,15H,11-14H2,1H3,(H,22,26)(H,23,25)/t15-/m1/s1. The van der Waals surface area contributed by atoms with E-state index in [4.69, 9.17) is 0 Å². The summed E-state index contributed by atoms with van der Waals surface area (Å²) in [7, 11) is 0. The van der Waals surface area contributed by atoms with E-state index in [1.165, 1.54) is 11.8 Å². The second kappa shape index (κ2) is 9.41. The molecular weight excluding hydrogens is 374 g/mol. The van der Waals surface area contributed by atoms with Crippen LogP contribution in [0.15, 0.2) is 54.6 Å². The van der Waals surface area contributed by atoms with Gasteiger partial charge in [-0.05, 0) is 24.6 Å². The van der Waals surface area contributed by atoms with Crippen LogP contribution in [0.1, 0.15) is 35.3 Å². The predicted octanol–water partition coefficient (Wildman–Crippen LogP) is 3.68. The van der Waals surface area contributed by atoms with Gasteiger partial charge in [0.15, 0.2) is 0 Å². The van der Waals surface area contributed by atoms with E-state index in [2.05, 4.69) is 10.6 Å². The number of nitrogens with zero attached hydrogens (tertiary/aromatic N) is 1. The van der Waals surface area contributed by atoms with Gasteiger partial charge in [0.25, 0.3) is 11.1 Å². The number of para-hydroxylation sites is 1. The third-order valence-electron chi connectivity index (χ3n) is 4.55. The minimum atomic E-state index is -0.252. The minimum absolute atomic E-state index is 0.0162. The van der Waals surface area contributed by atoms with Crippen LogP contribution in [0.3, 0.4) is 0 Å². The van der Waals surface area contributed by atoms with Crippen LogP contribution in [0, 0.1) is 0 Å². The zero-order chi connectivity index (χ0) is 19.9. The SMILES string of the molecule is C[C@@H](NC(=O)c1ccccc1NC(=O)CCN1CCSC1=O)c1ccccc1. The Kier molecular flexibility index (Phi) is 6.71. The lowest BCUT2D eigenvalue weighted by atomic mass is 10.1. The largest absolute Gasteiger partial charge is 0.345 e. The van der Waals surface area contributed by atoms with Gasteiger partial charge in [-0.25, -0.2) is 0 Å². The fourth-order valence-corrected chi connectivity index (χ4v) is 3.82. The number of thioether (sulfide) groups is 1. The van der Waals surface area contributed by atoms with Crippen LogP contribution in [0.5, 0.6) is 0 Å². The maximum atomic E-state index is 12.7. The van der Waals surface area contributed by atoms with Crippen molar-refractivity contribution >= 4 is 34.5 Å². The third-order valence-corrected chi connectivity index (χ3v) is 5.44. The summed E-state index contributed by atoms with van der Waals surface area (Å²) in [5.74, 6) is 0.294. The van der Waals surface area contributed by atoms with E-state index in [1.807, 2.05) is 37.3 Å². The van der Waals surface area contributed by atoms with E-state index < -0.39 is 0 Å². The fourth-order valence-electron chi connectivity index (χ4n) is 2.97.